The molecule has 1 N–H and O–H groups in total. The number of carboxylic acids is 1. The van der Waals surface area contributed by atoms with Crippen molar-refractivity contribution in [3.8, 4) is 0 Å². The summed E-state index contributed by atoms with van der Waals surface area (Å²) in [5, 5.41) is 9.81. The lowest BCUT2D eigenvalue weighted by atomic mass is 9.94. The van der Waals surface area contributed by atoms with Crippen molar-refractivity contribution in [3.05, 3.63) is 0 Å². The lowest BCUT2D eigenvalue weighted by Crippen LogP contribution is -2.30. The van der Waals surface area contributed by atoms with E-state index in [0.29, 0.717) is 19.3 Å². The first kappa shape index (κ1) is 37.4. The molecule has 0 aliphatic rings. The molecule has 0 spiro atoms. The maximum absolute atomic E-state index is 12.6. The highest BCUT2D eigenvalue weighted by Crippen LogP contribution is 2.20. The van der Waals surface area contributed by atoms with Crippen molar-refractivity contribution in [2.75, 3.05) is 6.61 Å². The van der Waals surface area contributed by atoms with Gasteiger partial charge in [0, 0.05) is 19.3 Å². The van der Waals surface area contributed by atoms with Crippen molar-refractivity contribution in [3.63, 3.8) is 0 Å². The molecule has 0 amide bonds. The van der Waals surface area contributed by atoms with Gasteiger partial charge in [-0.3, -0.25) is 14.4 Å². The molecule has 6 nitrogen and oxygen atoms in total. The van der Waals surface area contributed by atoms with Crippen LogP contribution in [-0.4, -0.2) is 35.7 Å². The maximum Gasteiger partial charge on any atom is 0.306 e. The topological polar surface area (TPSA) is 89.9 Å². The summed E-state index contributed by atoms with van der Waals surface area (Å²) < 4.78 is 11.2. The molecule has 2 atom stereocenters. The van der Waals surface area contributed by atoms with Crippen LogP contribution in [0.15, 0.2) is 0 Å². The Hall–Kier alpha value is -1.59. The average molecular weight is 555 g/mol. The van der Waals surface area contributed by atoms with Crippen LogP contribution in [0.4, 0.5) is 0 Å². The van der Waals surface area contributed by atoms with E-state index >= 15 is 0 Å². The number of rotatable bonds is 29. The molecule has 2 unspecified atom stereocenters. The van der Waals surface area contributed by atoms with Crippen LogP contribution in [0, 0.1) is 5.92 Å². The van der Waals surface area contributed by atoms with E-state index in [4.69, 9.17) is 9.47 Å². The van der Waals surface area contributed by atoms with Crippen LogP contribution in [0.1, 0.15) is 175 Å². The quantitative estimate of drug-likeness (QED) is 0.0731. The Labute approximate surface area is 240 Å². The van der Waals surface area contributed by atoms with E-state index in [1.54, 1.807) is 0 Å². The third kappa shape index (κ3) is 25.1. The molecule has 0 rings (SSSR count). The molecule has 0 saturated carbocycles. The Morgan fingerprint density at radius 3 is 1.44 bits per heavy atom. The van der Waals surface area contributed by atoms with E-state index in [2.05, 4.69) is 20.8 Å². The second-order valence-electron chi connectivity index (χ2n) is 11.4. The number of hydrogen-bond acceptors (Lipinski definition) is 5. The van der Waals surface area contributed by atoms with Crippen molar-refractivity contribution in [1.29, 1.82) is 0 Å². The van der Waals surface area contributed by atoms with Gasteiger partial charge in [0.1, 0.15) is 12.7 Å². The minimum Gasteiger partial charge on any atom is -0.481 e. The van der Waals surface area contributed by atoms with Gasteiger partial charge in [-0.05, 0) is 19.3 Å². The van der Waals surface area contributed by atoms with Crippen LogP contribution in [0.3, 0.4) is 0 Å². The number of ether oxygens (including phenoxy) is 2. The van der Waals surface area contributed by atoms with Crippen molar-refractivity contribution in [2.24, 2.45) is 5.92 Å². The summed E-state index contributed by atoms with van der Waals surface area (Å²) in [6.07, 6.45) is 22.9. The highest BCUT2D eigenvalue weighted by Gasteiger charge is 2.26. The summed E-state index contributed by atoms with van der Waals surface area (Å²) in [6, 6.07) is 0. The Morgan fingerprint density at radius 1 is 0.564 bits per heavy atom. The summed E-state index contributed by atoms with van der Waals surface area (Å²) in [5.74, 6) is -2.08. The molecule has 230 valence electrons. The van der Waals surface area contributed by atoms with Crippen molar-refractivity contribution >= 4 is 17.9 Å². The number of carbonyl (C=O) groups excluding carboxylic acids is 2. The Balaban J connectivity index is 4.66. The van der Waals surface area contributed by atoms with Gasteiger partial charge in [-0.2, -0.15) is 0 Å². The predicted octanol–water partition coefficient (Wildman–Crippen LogP) is 9.56. The molecule has 0 aliphatic carbocycles. The summed E-state index contributed by atoms with van der Waals surface area (Å²) in [5.41, 5.74) is 0. The van der Waals surface area contributed by atoms with E-state index in [9.17, 15) is 19.5 Å². The van der Waals surface area contributed by atoms with Crippen molar-refractivity contribution < 1.29 is 29.0 Å². The zero-order valence-electron chi connectivity index (χ0n) is 25.8. The van der Waals surface area contributed by atoms with E-state index in [1.807, 2.05) is 0 Å². The van der Waals surface area contributed by atoms with Gasteiger partial charge < -0.3 is 14.6 Å². The van der Waals surface area contributed by atoms with Gasteiger partial charge in [-0.25, -0.2) is 0 Å². The molecule has 0 heterocycles. The summed E-state index contributed by atoms with van der Waals surface area (Å²) in [6.45, 7) is 6.51. The summed E-state index contributed by atoms with van der Waals surface area (Å²) in [7, 11) is 0. The first-order chi connectivity index (χ1) is 18.9. The van der Waals surface area contributed by atoms with Crippen LogP contribution in [0.5, 0.6) is 0 Å². The molecule has 0 fully saturated rings. The van der Waals surface area contributed by atoms with Crippen molar-refractivity contribution in [2.45, 2.75) is 181 Å². The van der Waals surface area contributed by atoms with Gasteiger partial charge >= 0.3 is 17.9 Å². The minimum absolute atomic E-state index is 0.0572. The Morgan fingerprint density at radius 2 is 0.974 bits per heavy atom. The van der Waals surface area contributed by atoms with Crippen LogP contribution < -0.4 is 0 Å². The highest BCUT2D eigenvalue weighted by molar-refractivity contribution is 5.71. The van der Waals surface area contributed by atoms with Crippen LogP contribution in [0.2, 0.25) is 0 Å². The third-order valence-corrected chi connectivity index (χ3v) is 7.50. The van der Waals surface area contributed by atoms with Crippen LogP contribution in [-0.2, 0) is 23.9 Å². The molecule has 0 saturated heterocycles. The smallest absolute Gasteiger partial charge is 0.306 e. The van der Waals surface area contributed by atoms with Gasteiger partial charge in [-0.15, -0.1) is 0 Å². The van der Waals surface area contributed by atoms with E-state index in [0.717, 1.165) is 57.8 Å². The zero-order valence-corrected chi connectivity index (χ0v) is 25.8. The van der Waals surface area contributed by atoms with E-state index in [1.165, 1.54) is 70.6 Å². The monoisotopic (exact) mass is 554 g/mol. The second kappa shape index (κ2) is 28.0. The first-order valence-electron chi connectivity index (χ1n) is 16.5. The van der Waals surface area contributed by atoms with Crippen molar-refractivity contribution in [1.82, 2.24) is 0 Å². The van der Waals surface area contributed by atoms with Gasteiger partial charge in [0.2, 0.25) is 0 Å². The van der Waals surface area contributed by atoms with Crippen LogP contribution >= 0.6 is 0 Å². The normalized spacial score (nSPS) is 12.7. The minimum atomic E-state index is -0.869. The number of hydrogen-bond donors (Lipinski definition) is 1. The van der Waals surface area contributed by atoms with Crippen LogP contribution in [0.25, 0.3) is 0 Å². The number of unbranched alkanes of at least 4 members (excludes halogenated alkanes) is 17. The number of aliphatic carboxylic acids is 1. The standard InChI is InChI=1S/C33H62O6/c1-4-7-10-13-16-19-22-25-31(34)38-28-30(39-32(35)26-23-20-17-14-11-8-5-2)27-29(33(36)37)24-21-18-15-12-9-6-3/h29-30H,4-28H2,1-3H3,(H,36,37). The molecule has 39 heavy (non-hydrogen) atoms. The fourth-order valence-electron chi connectivity index (χ4n) is 4.94. The molecule has 0 bridgehead atoms. The number of carboxylic acid groups (broad SMARTS) is 1. The molecule has 6 heteroatoms. The predicted molar refractivity (Wildman–Crippen MR) is 160 cm³/mol. The lowest BCUT2D eigenvalue weighted by Gasteiger charge is -2.22. The van der Waals surface area contributed by atoms with Gasteiger partial charge in [0.05, 0.1) is 5.92 Å². The molecule has 0 aromatic rings. The molecular formula is C33H62O6. The highest BCUT2D eigenvalue weighted by atomic mass is 16.6. The Bertz CT molecular complexity index is 591. The second-order valence-corrected chi connectivity index (χ2v) is 11.4. The third-order valence-electron chi connectivity index (χ3n) is 7.50. The first-order valence-corrected chi connectivity index (χ1v) is 16.5. The Kier molecular flexibility index (Phi) is 26.8. The lowest BCUT2D eigenvalue weighted by molar-refractivity contribution is -0.162. The molecule has 0 aromatic heterocycles. The van der Waals surface area contributed by atoms with E-state index in [-0.39, 0.29) is 25.0 Å². The van der Waals surface area contributed by atoms with Gasteiger partial charge in [0.15, 0.2) is 0 Å². The zero-order chi connectivity index (χ0) is 29.0. The largest absolute Gasteiger partial charge is 0.481 e. The SMILES string of the molecule is CCCCCCCCCC(=O)OCC(CC(CCCCCCCC)C(=O)O)OC(=O)CCCCCCCCC. The molecule has 0 radical (unpaired) electrons. The molecular weight excluding hydrogens is 492 g/mol. The summed E-state index contributed by atoms with van der Waals surface area (Å²) >= 11 is 0. The van der Waals surface area contributed by atoms with Gasteiger partial charge in [-0.1, -0.05) is 136 Å². The summed E-state index contributed by atoms with van der Waals surface area (Å²) in [4.78, 5) is 36.8. The maximum atomic E-state index is 12.6. The molecule has 0 aliphatic heterocycles. The van der Waals surface area contributed by atoms with E-state index < -0.39 is 18.0 Å². The number of carbonyl (C=O) groups is 3. The fraction of sp³-hybridized carbons (Fsp3) is 0.909. The van der Waals surface area contributed by atoms with Gasteiger partial charge in [0.25, 0.3) is 0 Å². The fourth-order valence-corrected chi connectivity index (χ4v) is 4.94. The molecule has 0 aromatic carbocycles. The average Bonchev–Trinajstić information content (AvgIpc) is 2.91. The number of esters is 2.